The number of hydrogen-bond acceptors (Lipinski definition) is 3. The number of nitrogens with zero attached hydrogens (tertiary/aromatic N) is 1. The Balaban J connectivity index is 1.72. The highest BCUT2D eigenvalue weighted by Crippen LogP contribution is 2.31. The van der Waals surface area contributed by atoms with Gasteiger partial charge < -0.3 is 15.0 Å². The summed E-state index contributed by atoms with van der Waals surface area (Å²) >= 11 is 0. The van der Waals surface area contributed by atoms with Gasteiger partial charge in [-0.05, 0) is 12.8 Å². The quantitative estimate of drug-likeness (QED) is 0.728. The lowest BCUT2D eigenvalue weighted by Gasteiger charge is -2.40. The van der Waals surface area contributed by atoms with Gasteiger partial charge in [0, 0.05) is 31.6 Å². The molecule has 2 heterocycles. The van der Waals surface area contributed by atoms with Crippen LogP contribution in [0.1, 0.15) is 25.7 Å². The molecule has 0 spiro atoms. The third-order valence-electron chi connectivity index (χ3n) is 4.49. The van der Waals surface area contributed by atoms with Crippen LogP contribution in [0.15, 0.2) is 0 Å². The van der Waals surface area contributed by atoms with Gasteiger partial charge in [-0.15, -0.1) is 0 Å². The molecule has 1 N–H and O–H groups in total. The smallest absolute Gasteiger partial charge is 0.228 e. The van der Waals surface area contributed by atoms with Crippen LogP contribution in [-0.4, -0.2) is 49.7 Å². The first-order valence-corrected chi connectivity index (χ1v) is 6.95. The van der Waals surface area contributed by atoms with E-state index in [9.17, 15) is 4.79 Å². The van der Waals surface area contributed by atoms with E-state index in [1.807, 2.05) is 0 Å². The molecule has 2 aliphatic heterocycles. The molecule has 0 aromatic carbocycles. The van der Waals surface area contributed by atoms with Crippen LogP contribution in [0.2, 0.25) is 0 Å². The van der Waals surface area contributed by atoms with E-state index in [-0.39, 0.29) is 5.92 Å². The van der Waals surface area contributed by atoms with Crippen molar-refractivity contribution >= 4 is 5.91 Å². The molecule has 0 bridgehead atoms. The summed E-state index contributed by atoms with van der Waals surface area (Å²) in [6.45, 7) is 4.12. The average Bonchev–Trinajstić information content (AvgIpc) is 2.48. The van der Waals surface area contributed by atoms with Crippen LogP contribution in [-0.2, 0) is 9.53 Å². The minimum atomic E-state index is 0.232. The van der Waals surface area contributed by atoms with Crippen molar-refractivity contribution in [2.24, 2.45) is 11.8 Å². The number of ether oxygens (including phenoxy) is 1. The number of nitrogens with one attached hydrogen (secondary N) is 1. The molecule has 1 saturated carbocycles. The Hall–Kier alpha value is -0.610. The summed E-state index contributed by atoms with van der Waals surface area (Å²) in [5.74, 6) is 1.19. The zero-order valence-electron chi connectivity index (χ0n) is 10.4. The normalized spacial score (nSPS) is 34.7. The van der Waals surface area contributed by atoms with Crippen LogP contribution >= 0.6 is 0 Å². The van der Waals surface area contributed by atoms with E-state index in [2.05, 4.69) is 10.2 Å². The monoisotopic (exact) mass is 238 g/mol. The summed E-state index contributed by atoms with van der Waals surface area (Å²) in [5, 5.41) is 3.19. The fourth-order valence-electron chi connectivity index (χ4n) is 3.33. The molecule has 3 aliphatic rings. The first-order valence-electron chi connectivity index (χ1n) is 6.95. The molecule has 1 aliphatic carbocycles. The van der Waals surface area contributed by atoms with Crippen molar-refractivity contribution in [3.63, 3.8) is 0 Å². The standard InChI is InChI=1S/C13H22N2O2/c16-13(11-7-14-8-11)15-5-6-17-9-10-3-1-2-4-12(10)15/h10-12,14H,1-9H2/t10-,12-/m1/s1. The second-order valence-electron chi connectivity index (χ2n) is 5.57. The van der Waals surface area contributed by atoms with Gasteiger partial charge in [0.1, 0.15) is 0 Å². The fraction of sp³-hybridized carbons (Fsp3) is 0.923. The van der Waals surface area contributed by atoms with E-state index < -0.39 is 0 Å². The molecule has 4 nitrogen and oxygen atoms in total. The Kier molecular flexibility index (Phi) is 3.34. The van der Waals surface area contributed by atoms with Crippen LogP contribution in [0.4, 0.5) is 0 Å². The molecule has 1 amide bonds. The minimum absolute atomic E-state index is 0.232. The molecule has 0 aromatic rings. The van der Waals surface area contributed by atoms with E-state index in [1.165, 1.54) is 25.7 Å². The summed E-state index contributed by atoms with van der Waals surface area (Å²) in [5.41, 5.74) is 0. The Morgan fingerprint density at radius 2 is 2.06 bits per heavy atom. The number of carbonyl (C=O) groups is 1. The van der Waals surface area contributed by atoms with Gasteiger partial charge in [0.05, 0.1) is 19.1 Å². The third-order valence-corrected chi connectivity index (χ3v) is 4.49. The predicted molar refractivity (Wildman–Crippen MR) is 64.6 cm³/mol. The van der Waals surface area contributed by atoms with Crippen molar-refractivity contribution in [2.45, 2.75) is 31.7 Å². The SMILES string of the molecule is O=C(C1CNC1)N1CCOC[C@H]2CCCC[C@H]21. The number of rotatable bonds is 1. The van der Waals surface area contributed by atoms with Gasteiger partial charge >= 0.3 is 0 Å². The molecule has 4 heteroatoms. The molecule has 2 saturated heterocycles. The van der Waals surface area contributed by atoms with Crippen LogP contribution in [0.3, 0.4) is 0 Å². The van der Waals surface area contributed by atoms with E-state index in [0.29, 0.717) is 17.9 Å². The van der Waals surface area contributed by atoms with Gasteiger partial charge in [0.2, 0.25) is 5.91 Å². The Labute approximate surface area is 103 Å². The van der Waals surface area contributed by atoms with Crippen LogP contribution < -0.4 is 5.32 Å². The Morgan fingerprint density at radius 3 is 2.82 bits per heavy atom. The topological polar surface area (TPSA) is 41.6 Å². The van der Waals surface area contributed by atoms with Gasteiger partial charge in [-0.25, -0.2) is 0 Å². The number of amides is 1. The lowest BCUT2D eigenvalue weighted by molar-refractivity contribution is -0.140. The Morgan fingerprint density at radius 1 is 1.24 bits per heavy atom. The largest absolute Gasteiger partial charge is 0.379 e. The Bertz CT molecular complexity index is 291. The van der Waals surface area contributed by atoms with E-state index in [1.54, 1.807) is 0 Å². The van der Waals surface area contributed by atoms with Crippen LogP contribution in [0, 0.1) is 11.8 Å². The van der Waals surface area contributed by atoms with Crippen molar-refractivity contribution < 1.29 is 9.53 Å². The van der Waals surface area contributed by atoms with Gasteiger partial charge in [0.25, 0.3) is 0 Å². The maximum absolute atomic E-state index is 12.4. The van der Waals surface area contributed by atoms with Gasteiger partial charge in [-0.3, -0.25) is 4.79 Å². The minimum Gasteiger partial charge on any atom is -0.379 e. The molecule has 96 valence electrons. The molecule has 0 aromatic heterocycles. The van der Waals surface area contributed by atoms with Crippen molar-refractivity contribution in [3.8, 4) is 0 Å². The van der Waals surface area contributed by atoms with Crippen molar-refractivity contribution in [3.05, 3.63) is 0 Å². The highest BCUT2D eigenvalue weighted by atomic mass is 16.5. The molecule has 0 radical (unpaired) electrons. The lowest BCUT2D eigenvalue weighted by Crippen LogP contribution is -2.56. The number of fused-ring (bicyclic) bond motifs is 1. The van der Waals surface area contributed by atoms with Gasteiger partial charge in [-0.1, -0.05) is 12.8 Å². The summed E-state index contributed by atoms with van der Waals surface area (Å²) < 4.78 is 5.67. The zero-order valence-corrected chi connectivity index (χ0v) is 10.4. The van der Waals surface area contributed by atoms with Gasteiger partial charge in [0.15, 0.2) is 0 Å². The third kappa shape index (κ3) is 2.20. The van der Waals surface area contributed by atoms with Crippen molar-refractivity contribution in [1.82, 2.24) is 10.2 Å². The first-order chi connectivity index (χ1) is 8.36. The summed E-state index contributed by atoms with van der Waals surface area (Å²) in [4.78, 5) is 14.6. The molecule has 3 rings (SSSR count). The predicted octanol–water partition coefficient (Wildman–Crippen LogP) is 0.623. The molecule has 2 atom stereocenters. The van der Waals surface area contributed by atoms with Gasteiger partial charge in [-0.2, -0.15) is 0 Å². The average molecular weight is 238 g/mol. The van der Waals surface area contributed by atoms with Crippen LogP contribution in [0.5, 0.6) is 0 Å². The highest BCUT2D eigenvalue weighted by Gasteiger charge is 2.38. The second-order valence-corrected chi connectivity index (χ2v) is 5.57. The molecular weight excluding hydrogens is 216 g/mol. The fourth-order valence-corrected chi connectivity index (χ4v) is 3.33. The number of carbonyl (C=O) groups excluding carboxylic acids is 1. The summed E-state index contributed by atoms with van der Waals surface area (Å²) in [7, 11) is 0. The second kappa shape index (κ2) is 4.94. The maximum atomic E-state index is 12.4. The molecular formula is C13H22N2O2. The molecule has 0 unspecified atom stereocenters. The van der Waals surface area contributed by atoms with Crippen molar-refractivity contribution in [2.75, 3.05) is 32.8 Å². The highest BCUT2D eigenvalue weighted by molar-refractivity contribution is 5.80. The number of hydrogen-bond donors (Lipinski definition) is 1. The zero-order chi connectivity index (χ0) is 11.7. The first kappa shape index (κ1) is 11.5. The lowest BCUT2D eigenvalue weighted by atomic mass is 9.83. The molecule has 3 fully saturated rings. The molecule has 17 heavy (non-hydrogen) atoms. The van der Waals surface area contributed by atoms with E-state index in [4.69, 9.17) is 4.74 Å². The van der Waals surface area contributed by atoms with E-state index >= 15 is 0 Å². The summed E-state index contributed by atoms with van der Waals surface area (Å²) in [6.07, 6.45) is 4.99. The van der Waals surface area contributed by atoms with E-state index in [0.717, 1.165) is 32.8 Å². The van der Waals surface area contributed by atoms with Crippen LogP contribution in [0.25, 0.3) is 0 Å². The summed E-state index contributed by atoms with van der Waals surface area (Å²) in [6, 6.07) is 0.458. The maximum Gasteiger partial charge on any atom is 0.228 e. The van der Waals surface area contributed by atoms with Crippen molar-refractivity contribution in [1.29, 1.82) is 0 Å².